The number of Topliss-reactive ketones (excluding diaryl/α,β-unsaturated/α-hetero) is 1. The van der Waals surface area contributed by atoms with E-state index in [2.05, 4.69) is 0 Å². The molecule has 2 aromatic carbocycles. The summed E-state index contributed by atoms with van der Waals surface area (Å²) in [6.07, 6.45) is 1.45. The molecule has 1 atom stereocenters. The number of aliphatic hydroxyl groups is 1. The highest BCUT2D eigenvalue weighted by Gasteiger charge is 2.46. The van der Waals surface area contributed by atoms with Crippen molar-refractivity contribution in [2.75, 3.05) is 7.11 Å². The summed E-state index contributed by atoms with van der Waals surface area (Å²) in [7, 11) is 1.36. The maximum atomic E-state index is 13.1. The van der Waals surface area contributed by atoms with E-state index in [1.54, 1.807) is 24.3 Å². The number of hydrogen-bond acceptors (Lipinski definition) is 6. The van der Waals surface area contributed by atoms with Crippen molar-refractivity contribution in [3.63, 3.8) is 0 Å². The number of aliphatic hydroxyl groups excluding tert-OH is 1. The Bertz CT molecular complexity index is 1240. The van der Waals surface area contributed by atoms with Crippen molar-refractivity contribution in [3.05, 3.63) is 87.3 Å². The van der Waals surface area contributed by atoms with E-state index in [1.165, 1.54) is 42.5 Å². The van der Waals surface area contributed by atoms with Crippen LogP contribution in [0, 0.1) is 0 Å². The Morgan fingerprint density at radius 3 is 2.59 bits per heavy atom. The number of likely N-dealkylation sites (tertiary alicyclic amines) is 1. The number of carbonyl (C=O) groups is 2. The van der Waals surface area contributed by atoms with Crippen molar-refractivity contribution in [3.8, 4) is 11.5 Å². The molecule has 4 rings (SSSR count). The van der Waals surface area contributed by atoms with E-state index in [0.717, 1.165) is 0 Å². The van der Waals surface area contributed by atoms with Gasteiger partial charge in [0.2, 0.25) is 0 Å². The molecular weight excluding hydrogens is 457 g/mol. The smallest absolute Gasteiger partial charge is 0.296 e. The van der Waals surface area contributed by atoms with Crippen LogP contribution in [-0.2, 0) is 16.1 Å². The molecule has 2 heterocycles. The van der Waals surface area contributed by atoms with Gasteiger partial charge >= 0.3 is 0 Å². The first-order chi connectivity index (χ1) is 15.3. The normalized spacial score (nSPS) is 17.7. The molecule has 1 aliphatic rings. The molecule has 1 saturated heterocycles. The first kappa shape index (κ1) is 21.8. The van der Waals surface area contributed by atoms with Gasteiger partial charge in [-0.15, -0.1) is 0 Å². The molecule has 32 heavy (non-hydrogen) atoms. The zero-order valence-electron chi connectivity index (χ0n) is 16.7. The molecule has 3 aromatic rings. The summed E-state index contributed by atoms with van der Waals surface area (Å²) in [5.41, 5.74) is 0.291. The Hall–Kier alpha value is -3.42. The molecule has 1 aliphatic heterocycles. The van der Waals surface area contributed by atoms with Gasteiger partial charge in [0.1, 0.15) is 23.0 Å². The summed E-state index contributed by atoms with van der Waals surface area (Å²) < 4.78 is 10.6. The van der Waals surface area contributed by atoms with E-state index in [9.17, 15) is 19.8 Å². The van der Waals surface area contributed by atoms with E-state index in [1.807, 2.05) is 0 Å². The van der Waals surface area contributed by atoms with Crippen LogP contribution in [-0.4, -0.2) is 33.9 Å². The molecule has 0 saturated carbocycles. The zero-order chi connectivity index (χ0) is 23.0. The predicted octanol–water partition coefficient (Wildman–Crippen LogP) is 4.92. The van der Waals surface area contributed by atoms with E-state index >= 15 is 0 Å². The maximum absolute atomic E-state index is 13.1. The van der Waals surface area contributed by atoms with Gasteiger partial charge in [0, 0.05) is 5.02 Å². The molecule has 164 valence electrons. The third-order valence-corrected chi connectivity index (χ3v) is 5.60. The fourth-order valence-electron chi connectivity index (χ4n) is 3.74. The van der Waals surface area contributed by atoms with Gasteiger partial charge in [-0.1, -0.05) is 35.3 Å². The number of phenolic OH excluding ortho intramolecular Hbond substituents is 1. The highest BCUT2D eigenvalue weighted by molar-refractivity contribution is 6.46. The second-order valence-electron chi connectivity index (χ2n) is 7.07. The minimum atomic E-state index is -1.00. The Labute approximate surface area is 193 Å². The number of methoxy groups -OCH3 is 1. The van der Waals surface area contributed by atoms with Gasteiger partial charge in [-0.25, -0.2) is 0 Å². The van der Waals surface area contributed by atoms with Gasteiger partial charge in [0.25, 0.3) is 11.7 Å². The monoisotopic (exact) mass is 473 g/mol. The lowest BCUT2D eigenvalue weighted by atomic mass is 9.94. The zero-order valence-corrected chi connectivity index (χ0v) is 18.2. The Balaban J connectivity index is 1.95. The average Bonchev–Trinajstić information content (AvgIpc) is 3.35. The Morgan fingerprint density at radius 2 is 1.94 bits per heavy atom. The van der Waals surface area contributed by atoms with Crippen LogP contribution in [0.15, 0.2) is 64.8 Å². The average molecular weight is 474 g/mol. The number of phenols is 1. The predicted molar refractivity (Wildman–Crippen MR) is 118 cm³/mol. The summed E-state index contributed by atoms with van der Waals surface area (Å²) in [5.74, 6) is -1.75. The lowest BCUT2D eigenvalue weighted by Gasteiger charge is -2.24. The van der Waals surface area contributed by atoms with Gasteiger partial charge in [-0.3, -0.25) is 9.59 Å². The van der Waals surface area contributed by atoms with Crippen LogP contribution < -0.4 is 4.74 Å². The standard InChI is InChI=1S/C23H17Cl2NO6/c1-31-22-16(9-13(24)10-17(22)25)20(28)18-19(12-4-2-5-14(27)8-12)26(23(30)21(18)29)11-15-6-3-7-32-15/h2-10,19,27-28H,11H2,1H3/b20-18+. The first-order valence-corrected chi connectivity index (χ1v) is 10.2. The number of ether oxygens (including phenoxy) is 1. The van der Waals surface area contributed by atoms with E-state index in [4.69, 9.17) is 32.4 Å². The van der Waals surface area contributed by atoms with Crippen molar-refractivity contribution in [1.82, 2.24) is 4.90 Å². The fraction of sp³-hybridized carbons (Fsp3) is 0.130. The molecule has 7 nitrogen and oxygen atoms in total. The van der Waals surface area contributed by atoms with Gasteiger partial charge < -0.3 is 24.3 Å². The van der Waals surface area contributed by atoms with E-state index in [-0.39, 0.29) is 39.2 Å². The second-order valence-corrected chi connectivity index (χ2v) is 7.91. The van der Waals surface area contributed by atoms with Crippen LogP contribution >= 0.6 is 23.2 Å². The van der Waals surface area contributed by atoms with Crippen LogP contribution in [0.4, 0.5) is 0 Å². The number of aromatic hydroxyl groups is 1. The highest BCUT2D eigenvalue weighted by atomic mass is 35.5. The van der Waals surface area contributed by atoms with Crippen LogP contribution in [0.1, 0.15) is 22.9 Å². The van der Waals surface area contributed by atoms with Crippen molar-refractivity contribution in [2.24, 2.45) is 0 Å². The molecule has 9 heteroatoms. The lowest BCUT2D eigenvalue weighted by molar-refractivity contribution is -0.140. The van der Waals surface area contributed by atoms with Crippen LogP contribution in [0.5, 0.6) is 11.5 Å². The number of amides is 1. The molecule has 0 spiro atoms. The lowest BCUT2D eigenvalue weighted by Crippen LogP contribution is -2.29. The number of benzene rings is 2. The number of rotatable bonds is 5. The largest absolute Gasteiger partial charge is 0.508 e. The van der Waals surface area contributed by atoms with Gasteiger partial charge in [0.05, 0.1) is 42.1 Å². The van der Waals surface area contributed by atoms with Crippen molar-refractivity contribution >= 4 is 40.7 Å². The molecule has 1 unspecified atom stereocenters. The third kappa shape index (κ3) is 3.81. The van der Waals surface area contributed by atoms with Gasteiger partial charge in [0.15, 0.2) is 0 Å². The molecule has 0 radical (unpaired) electrons. The molecule has 0 bridgehead atoms. The molecule has 0 aliphatic carbocycles. The summed E-state index contributed by atoms with van der Waals surface area (Å²) in [6, 6.07) is 11.2. The number of hydrogen-bond donors (Lipinski definition) is 2. The Kier molecular flexibility index (Phi) is 5.86. The maximum Gasteiger partial charge on any atom is 0.296 e. The van der Waals surface area contributed by atoms with Crippen molar-refractivity contribution in [2.45, 2.75) is 12.6 Å². The minimum Gasteiger partial charge on any atom is -0.508 e. The van der Waals surface area contributed by atoms with E-state index < -0.39 is 23.5 Å². The van der Waals surface area contributed by atoms with Crippen molar-refractivity contribution < 1.29 is 29.0 Å². The van der Waals surface area contributed by atoms with Crippen molar-refractivity contribution in [1.29, 1.82) is 0 Å². The fourth-order valence-corrected chi connectivity index (χ4v) is 4.31. The topological polar surface area (TPSA) is 100 Å². The second kappa shape index (κ2) is 8.61. The third-order valence-electron chi connectivity index (χ3n) is 5.10. The summed E-state index contributed by atoms with van der Waals surface area (Å²) >= 11 is 12.3. The molecule has 2 N–H and O–H groups in total. The summed E-state index contributed by atoms with van der Waals surface area (Å²) in [4.78, 5) is 27.3. The summed E-state index contributed by atoms with van der Waals surface area (Å²) in [5, 5.41) is 21.5. The first-order valence-electron chi connectivity index (χ1n) is 9.45. The molecule has 1 amide bonds. The number of nitrogens with zero attached hydrogens (tertiary/aromatic N) is 1. The highest BCUT2D eigenvalue weighted by Crippen LogP contribution is 2.44. The molecule has 1 fully saturated rings. The van der Waals surface area contributed by atoms with Crippen LogP contribution in [0.25, 0.3) is 5.76 Å². The van der Waals surface area contributed by atoms with Gasteiger partial charge in [-0.05, 0) is 42.0 Å². The van der Waals surface area contributed by atoms with Gasteiger partial charge in [-0.2, -0.15) is 0 Å². The minimum absolute atomic E-state index is 0.0257. The number of ketones is 1. The SMILES string of the molecule is COc1c(Cl)cc(Cl)cc1/C(O)=C1\C(=O)C(=O)N(Cc2ccco2)C1c1cccc(O)c1. The van der Waals surface area contributed by atoms with E-state index in [0.29, 0.717) is 11.3 Å². The number of halogens is 2. The molecule has 1 aromatic heterocycles. The number of carbonyl (C=O) groups excluding carboxylic acids is 2. The van der Waals surface area contributed by atoms with Crippen LogP contribution in [0.3, 0.4) is 0 Å². The Morgan fingerprint density at radius 1 is 1.16 bits per heavy atom. The number of furan rings is 1. The molecular formula is C23H17Cl2NO6. The summed E-state index contributed by atoms with van der Waals surface area (Å²) in [6.45, 7) is -0.0257. The van der Waals surface area contributed by atoms with Crippen LogP contribution in [0.2, 0.25) is 10.0 Å². The quantitative estimate of drug-likeness (QED) is 0.309.